The number of hydrogen-bond acceptors (Lipinski definition) is 7. The molecule has 8 nitrogen and oxygen atoms in total. The minimum absolute atomic E-state index is 0.0619. The van der Waals surface area contributed by atoms with E-state index in [9.17, 15) is 5.11 Å². The van der Waals surface area contributed by atoms with Crippen molar-refractivity contribution in [3.05, 3.63) is 41.3 Å². The minimum Gasteiger partial charge on any atom is -0.395 e. The fraction of sp³-hybridized carbons (Fsp3) is 0.542. The highest BCUT2D eigenvalue weighted by atomic mass is 19.1. The van der Waals surface area contributed by atoms with Crippen LogP contribution in [0.5, 0.6) is 0 Å². The molecule has 0 aliphatic carbocycles. The molecule has 176 valence electrons. The summed E-state index contributed by atoms with van der Waals surface area (Å²) in [5, 5.41) is 14.8. The molecule has 2 aliphatic heterocycles. The molecule has 2 saturated heterocycles. The first-order chi connectivity index (χ1) is 16.0. The summed E-state index contributed by atoms with van der Waals surface area (Å²) in [5.41, 5.74) is 3.03. The highest BCUT2D eigenvalue weighted by molar-refractivity contribution is 5.82. The molecule has 1 aromatic carbocycles. The van der Waals surface area contributed by atoms with Gasteiger partial charge in [0.15, 0.2) is 5.82 Å². The van der Waals surface area contributed by atoms with E-state index in [0.717, 1.165) is 53.9 Å². The van der Waals surface area contributed by atoms with E-state index in [1.807, 2.05) is 35.7 Å². The second kappa shape index (κ2) is 9.32. The van der Waals surface area contributed by atoms with Gasteiger partial charge in [-0.3, -0.25) is 4.90 Å². The molecule has 0 bridgehead atoms. The summed E-state index contributed by atoms with van der Waals surface area (Å²) < 4.78 is 22.5. The maximum Gasteiger partial charge on any atom is 0.159 e. The highest BCUT2D eigenvalue weighted by Crippen LogP contribution is 2.35. The van der Waals surface area contributed by atoms with Crippen molar-refractivity contribution >= 4 is 16.7 Å². The number of β-amino-alcohol motifs (C(OH)–C–C–N with tert-alkyl or cyclic N) is 1. The standard InChI is InChI=1S/C24H31FN6O2/c1-16-11-18-14-26-31(24-13-23(27-17(2)28-24)30-6-9-33-10-7-30)22(18)12-20(16)19-3-4-29(5-8-32)15-21(19)25/h11-14,19,21,32H,3-10,15H2,1-2H3. The number of nitrogens with zero attached hydrogens (tertiary/aromatic N) is 6. The van der Waals surface area contributed by atoms with E-state index >= 15 is 4.39 Å². The molecular formula is C24H31FN6O2. The minimum atomic E-state index is -0.966. The third-order valence-electron chi connectivity index (χ3n) is 6.76. The van der Waals surface area contributed by atoms with Gasteiger partial charge in [-0.15, -0.1) is 0 Å². The molecule has 5 rings (SSSR count). The number of aromatic nitrogens is 4. The number of halogens is 1. The fourth-order valence-electron chi connectivity index (χ4n) is 5.05. The van der Waals surface area contributed by atoms with Crippen LogP contribution in [0, 0.1) is 13.8 Å². The summed E-state index contributed by atoms with van der Waals surface area (Å²) in [4.78, 5) is 13.5. The van der Waals surface area contributed by atoms with Crippen LogP contribution in [-0.4, -0.2) is 88.5 Å². The van der Waals surface area contributed by atoms with Gasteiger partial charge in [-0.25, -0.2) is 19.0 Å². The Bertz CT molecular complexity index is 1130. The van der Waals surface area contributed by atoms with Gasteiger partial charge in [-0.1, -0.05) is 0 Å². The van der Waals surface area contributed by atoms with E-state index in [2.05, 4.69) is 32.1 Å². The number of aryl methyl sites for hydroxylation is 2. The van der Waals surface area contributed by atoms with Gasteiger partial charge in [0.05, 0.1) is 31.5 Å². The first-order valence-electron chi connectivity index (χ1n) is 11.7. The molecule has 3 aromatic rings. The van der Waals surface area contributed by atoms with Crippen LogP contribution in [0.1, 0.15) is 29.3 Å². The van der Waals surface area contributed by atoms with E-state index in [4.69, 9.17) is 4.74 Å². The molecule has 2 aromatic heterocycles. The van der Waals surface area contributed by atoms with Gasteiger partial charge in [-0.05, 0) is 50.1 Å². The monoisotopic (exact) mass is 454 g/mol. The van der Waals surface area contributed by atoms with Crippen LogP contribution >= 0.6 is 0 Å². The van der Waals surface area contributed by atoms with Gasteiger partial charge >= 0.3 is 0 Å². The predicted molar refractivity (Wildman–Crippen MR) is 125 cm³/mol. The lowest BCUT2D eigenvalue weighted by Gasteiger charge is -2.35. The molecule has 0 spiro atoms. The van der Waals surface area contributed by atoms with Crippen LogP contribution in [0.25, 0.3) is 16.7 Å². The second-order valence-corrected chi connectivity index (χ2v) is 8.99. The van der Waals surface area contributed by atoms with Crippen molar-refractivity contribution in [3.8, 4) is 5.82 Å². The number of morpholine rings is 1. The lowest BCUT2D eigenvalue weighted by molar-refractivity contribution is 0.0994. The maximum absolute atomic E-state index is 15.2. The van der Waals surface area contributed by atoms with Gasteiger partial charge in [0.25, 0.3) is 0 Å². The number of rotatable bonds is 5. The number of anilines is 1. The molecule has 33 heavy (non-hydrogen) atoms. The second-order valence-electron chi connectivity index (χ2n) is 8.99. The van der Waals surface area contributed by atoms with Crippen LogP contribution < -0.4 is 4.90 Å². The zero-order valence-corrected chi connectivity index (χ0v) is 19.2. The van der Waals surface area contributed by atoms with Crippen LogP contribution in [0.3, 0.4) is 0 Å². The lowest BCUT2D eigenvalue weighted by Crippen LogP contribution is -2.42. The number of fused-ring (bicyclic) bond motifs is 1. The molecule has 9 heteroatoms. The lowest BCUT2D eigenvalue weighted by atomic mass is 9.85. The van der Waals surface area contributed by atoms with Gasteiger partial charge in [0, 0.05) is 43.5 Å². The molecule has 1 N–H and O–H groups in total. The summed E-state index contributed by atoms with van der Waals surface area (Å²) in [7, 11) is 0. The van der Waals surface area contributed by atoms with Crippen molar-refractivity contribution in [3.63, 3.8) is 0 Å². The van der Waals surface area contributed by atoms with Gasteiger partial charge in [0.2, 0.25) is 0 Å². The Morgan fingerprint density at radius 1 is 1.09 bits per heavy atom. The Labute approximate surface area is 193 Å². The van der Waals surface area contributed by atoms with Crippen molar-refractivity contribution < 1.29 is 14.2 Å². The number of aliphatic hydroxyl groups is 1. The summed E-state index contributed by atoms with van der Waals surface area (Å²) in [6.45, 7) is 8.64. The fourth-order valence-corrected chi connectivity index (χ4v) is 5.05. The number of ether oxygens (including phenoxy) is 1. The summed E-state index contributed by atoms with van der Waals surface area (Å²) in [6, 6.07) is 6.15. The third kappa shape index (κ3) is 4.45. The summed E-state index contributed by atoms with van der Waals surface area (Å²) in [5.74, 6) is 2.11. The predicted octanol–water partition coefficient (Wildman–Crippen LogP) is 2.39. The van der Waals surface area contributed by atoms with Crippen LogP contribution in [0.2, 0.25) is 0 Å². The molecule has 0 radical (unpaired) electrons. The van der Waals surface area contributed by atoms with Crippen molar-refractivity contribution in [2.75, 3.05) is 57.4 Å². The molecule has 0 amide bonds. The molecule has 2 unspecified atom stereocenters. The molecule has 2 aliphatic rings. The van der Waals surface area contributed by atoms with E-state index in [0.29, 0.717) is 37.9 Å². The Kier molecular flexibility index (Phi) is 6.27. The summed E-state index contributed by atoms with van der Waals surface area (Å²) >= 11 is 0. The van der Waals surface area contributed by atoms with Crippen molar-refractivity contribution in [1.29, 1.82) is 0 Å². The van der Waals surface area contributed by atoms with Crippen molar-refractivity contribution in [2.24, 2.45) is 0 Å². The largest absolute Gasteiger partial charge is 0.395 e. The smallest absolute Gasteiger partial charge is 0.159 e. The highest BCUT2D eigenvalue weighted by Gasteiger charge is 2.31. The van der Waals surface area contributed by atoms with E-state index in [-0.39, 0.29) is 12.5 Å². The first kappa shape index (κ1) is 22.2. The van der Waals surface area contributed by atoms with Crippen molar-refractivity contribution in [1.82, 2.24) is 24.6 Å². The van der Waals surface area contributed by atoms with Crippen LogP contribution in [0.15, 0.2) is 24.4 Å². The third-order valence-corrected chi connectivity index (χ3v) is 6.76. The first-order valence-corrected chi connectivity index (χ1v) is 11.7. The quantitative estimate of drug-likeness (QED) is 0.634. The van der Waals surface area contributed by atoms with Gasteiger partial charge in [-0.2, -0.15) is 5.10 Å². The number of likely N-dealkylation sites (tertiary alicyclic amines) is 1. The number of alkyl halides is 1. The van der Waals surface area contributed by atoms with E-state index < -0.39 is 6.17 Å². The van der Waals surface area contributed by atoms with E-state index in [1.165, 1.54) is 0 Å². The van der Waals surface area contributed by atoms with E-state index in [1.54, 1.807) is 0 Å². The number of aliphatic hydroxyl groups excluding tert-OH is 1. The number of benzene rings is 1. The Morgan fingerprint density at radius 2 is 1.88 bits per heavy atom. The Morgan fingerprint density at radius 3 is 2.64 bits per heavy atom. The van der Waals surface area contributed by atoms with Crippen molar-refractivity contribution in [2.45, 2.75) is 32.4 Å². The zero-order chi connectivity index (χ0) is 22.9. The van der Waals surface area contributed by atoms with Gasteiger partial charge < -0.3 is 14.7 Å². The topological polar surface area (TPSA) is 79.5 Å². The number of hydrogen-bond donors (Lipinski definition) is 1. The summed E-state index contributed by atoms with van der Waals surface area (Å²) in [6.07, 6.45) is 1.61. The molecule has 0 saturated carbocycles. The SMILES string of the molecule is Cc1nc(N2CCOCC2)cc(-n2ncc3cc(C)c(C4CCN(CCO)CC4F)cc32)n1. The Balaban J connectivity index is 1.50. The van der Waals surface area contributed by atoms with Crippen LogP contribution in [-0.2, 0) is 4.74 Å². The van der Waals surface area contributed by atoms with Crippen LogP contribution in [0.4, 0.5) is 10.2 Å². The molecular weight excluding hydrogens is 423 g/mol. The van der Waals surface area contributed by atoms with Gasteiger partial charge in [0.1, 0.15) is 17.8 Å². The Hall–Kier alpha value is -2.62. The number of piperidine rings is 1. The maximum atomic E-state index is 15.2. The average molecular weight is 455 g/mol. The normalized spacial score (nSPS) is 22.2. The molecule has 4 heterocycles. The molecule has 2 atom stereocenters. The zero-order valence-electron chi connectivity index (χ0n) is 19.2. The molecule has 2 fully saturated rings. The average Bonchev–Trinajstić information content (AvgIpc) is 3.22.